The molecule has 106 valence electrons. The van der Waals surface area contributed by atoms with Gasteiger partial charge in [-0.05, 0) is 12.0 Å². The summed E-state index contributed by atoms with van der Waals surface area (Å²) in [5.74, 6) is 0.784. The van der Waals surface area contributed by atoms with Gasteiger partial charge in [-0.15, -0.1) is 0 Å². The van der Waals surface area contributed by atoms with Gasteiger partial charge in [0.25, 0.3) is 5.56 Å². The average Bonchev–Trinajstić information content (AvgIpc) is 2.98. The van der Waals surface area contributed by atoms with E-state index in [0.717, 1.165) is 18.8 Å². The van der Waals surface area contributed by atoms with Crippen molar-refractivity contribution < 1.29 is 0 Å². The number of benzene rings is 1. The van der Waals surface area contributed by atoms with Crippen molar-refractivity contribution in [3.63, 3.8) is 0 Å². The molecule has 1 unspecified atom stereocenters. The van der Waals surface area contributed by atoms with Crippen molar-refractivity contribution >= 4 is 11.0 Å². The van der Waals surface area contributed by atoms with E-state index in [1.807, 2.05) is 18.2 Å². The fraction of sp³-hybridized carbons (Fsp3) is 0.267. The van der Waals surface area contributed by atoms with Crippen molar-refractivity contribution in [1.29, 1.82) is 0 Å². The van der Waals surface area contributed by atoms with Crippen LogP contribution in [-0.4, -0.2) is 26.3 Å². The van der Waals surface area contributed by atoms with E-state index in [0.29, 0.717) is 17.6 Å². The molecule has 4 rings (SSSR count). The number of rotatable bonds is 2. The van der Waals surface area contributed by atoms with Gasteiger partial charge in [0.2, 0.25) is 0 Å². The van der Waals surface area contributed by atoms with Crippen LogP contribution < -0.4 is 10.9 Å². The van der Waals surface area contributed by atoms with Gasteiger partial charge >= 0.3 is 0 Å². The van der Waals surface area contributed by atoms with Crippen molar-refractivity contribution in [2.24, 2.45) is 0 Å². The maximum atomic E-state index is 12.5. The molecule has 2 aromatic heterocycles. The summed E-state index contributed by atoms with van der Waals surface area (Å²) in [7, 11) is 0. The van der Waals surface area contributed by atoms with Gasteiger partial charge in [-0.2, -0.15) is 5.10 Å². The van der Waals surface area contributed by atoms with E-state index in [9.17, 15) is 4.79 Å². The van der Waals surface area contributed by atoms with Crippen molar-refractivity contribution in [3.8, 4) is 0 Å². The molecule has 0 saturated heterocycles. The predicted octanol–water partition coefficient (Wildman–Crippen LogP) is 1.01. The summed E-state index contributed by atoms with van der Waals surface area (Å²) in [6, 6.07) is 10.3. The molecule has 3 aromatic rings. The number of nitrogens with one attached hydrogen (secondary N) is 2. The average molecular weight is 281 g/mol. The third-order valence-electron chi connectivity index (χ3n) is 3.92. The summed E-state index contributed by atoms with van der Waals surface area (Å²) >= 11 is 0. The highest BCUT2D eigenvalue weighted by molar-refractivity contribution is 5.72. The Hall–Kier alpha value is -2.47. The zero-order valence-corrected chi connectivity index (χ0v) is 11.4. The van der Waals surface area contributed by atoms with Gasteiger partial charge in [0.05, 0.1) is 12.2 Å². The highest BCUT2D eigenvalue weighted by atomic mass is 16.1. The van der Waals surface area contributed by atoms with Gasteiger partial charge < -0.3 is 5.32 Å². The Morgan fingerprint density at radius 2 is 2.14 bits per heavy atom. The highest BCUT2D eigenvalue weighted by Gasteiger charge is 2.24. The Morgan fingerprint density at radius 1 is 1.29 bits per heavy atom. The molecule has 1 aliphatic rings. The van der Waals surface area contributed by atoms with Crippen LogP contribution in [0.15, 0.2) is 41.3 Å². The minimum atomic E-state index is -0.0108. The summed E-state index contributed by atoms with van der Waals surface area (Å²) in [5, 5.41) is 10.7. The predicted molar refractivity (Wildman–Crippen MR) is 79.0 cm³/mol. The van der Waals surface area contributed by atoms with E-state index >= 15 is 0 Å². The Balaban J connectivity index is 1.80. The standard InChI is InChI=1S/C15H15N5O/c21-15-11-9-17-19-13(11)18-14-12(16-6-7-20(14)15)8-10-4-2-1-3-5-10/h1-5,9,12,16H,6-8H2,(H,17,19). The second-order valence-corrected chi connectivity index (χ2v) is 5.26. The monoisotopic (exact) mass is 281 g/mol. The highest BCUT2D eigenvalue weighted by Crippen LogP contribution is 2.20. The van der Waals surface area contributed by atoms with Crippen LogP contribution in [-0.2, 0) is 13.0 Å². The Morgan fingerprint density at radius 3 is 3.00 bits per heavy atom. The van der Waals surface area contributed by atoms with Crippen molar-refractivity contribution in [1.82, 2.24) is 25.1 Å². The molecule has 6 nitrogen and oxygen atoms in total. The molecule has 2 N–H and O–H groups in total. The Labute approximate surface area is 120 Å². The zero-order chi connectivity index (χ0) is 14.2. The molecule has 0 spiro atoms. The molecular weight excluding hydrogens is 266 g/mol. The van der Waals surface area contributed by atoms with Crippen LogP contribution in [0.2, 0.25) is 0 Å². The molecular formula is C15H15N5O. The Bertz CT molecular complexity index is 836. The maximum absolute atomic E-state index is 12.5. The van der Waals surface area contributed by atoms with Crippen LogP contribution in [0, 0.1) is 0 Å². The first-order valence-electron chi connectivity index (χ1n) is 7.04. The number of hydrogen-bond donors (Lipinski definition) is 2. The first-order chi connectivity index (χ1) is 10.3. The van der Waals surface area contributed by atoms with E-state index in [-0.39, 0.29) is 11.6 Å². The summed E-state index contributed by atoms with van der Waals surface area (Å²) < 4.78 is 1.77. The second kappa shape index (κ2) is 4.82. The van der Waals surface area contributed by atoms with E-state index in [2.05, 4.69) is 32.6 Å². The molecule has 6 heteroatoms. The van der Waals surface area contributed by atoms with Gasteiger partial charge in [-0.1, -0.05) is 30.3 Å². The molecule has 21 heavy (non-hydrogen) atoms. The minimum Gasteiger partial charge on any atom is -0.305 e. The molecule has 1 aromatic carbocycles. The summed E-state index contributed by atoms with van der Waals surface area (Å²) in [4.78, 5) is 17.1. The Kier molecular flexibility index (Phi) is 2.82. The molecule has 0 radical (unpaired) electrons. The molecule has 1 atom stereocenters. The van der Waals surface area contributed by atoms with Crippen molar-refractivity contribution in [2.75, 3.05) is 6.54 Å². The van der Waals surface area contributed by atoms with Gasteiger partial charge in [0.15, 0.2) is 5.65 Å². The van der Waals surface area contributed by atoms with Crippen LogP contribution >= 0.6 is 0 Å². The lowest BCUT2D eigenvalue weighted by Gasteiger charge is -2.27. The smallest absolute Gasteiger partial charge is 0.264 e. The molecule has 0 aliphatic carbocycles. The number of aromatic nitrogens is 4. The minimum absolute atomic E-state index is 0.0108. The SMILES string of the molecule is O=c1c2cn[nH]c2nc2n1CCNC2Cc1ccccc1. The molecule has 0 fully saturated rings. The van der Waals surface area contributed by atoms with Crippen LogP contribution in [0.1, 0.15) is 17.4 Å². The molecule has 3 heterocycles. The first kappa shape index (κ1) is 12.3. The summed E-state index contributed by atoms with van der Waals surface area (Å²) in [6.45, 7) is 1.42. The van der Waals surface area contributed by atoms with E-state index in [1.165, 1.54) is 5.56 Å². The fourth-order valence-corrected chi connectivity index (χ4v) is 2.88. The summed E-state index contributed by atoms with van der Waals surface area (Å²) in [6.07, 6.45) is 2.36. The summed E-state index contributed by atoms with van der Waals surface area (Å²) in [5.41, 5.74) is 1.78. The molecule has 0 bridgehead atoms. The van der Waals surface area contributed by atoms with Crippen LogP contribution in [0.4, 0.5) is 0 Å². The van der Waals surface area contributed by atoms with Gasteiger partial charge in [-0.25, -0.2) is 4.98 Å². The van der Waals surface area contributed by atoms with Gasteiger partial charge in [0, 0.05) is 13.1 Å². The van der Waals surface area contributed by atoms with E-state index in [1.54, 1.807) is 10.8 Å². The topological polar surface area (TPSA) is 75.6 Å². The van der Waals surface area contributed by atoms with Gasteiger partial charge in [-0.3, -0.25) is 14.5 Å². The lowest BCUT2D eigenvalue weighted by molar-refractivity contribution is 0.399. The molecule has 0 amide bonds. The second-order valence-electron chi connectivity index (χ2n) is 5.26. The van der Waals surface area contributed by atoms with Crippen LogP contribution in [0.5, 0.6) is 0 Å². The largest absolute Gasteiger partial charge is 0.305 e. The quantitative estimate of drug-likeness (QED) is 0.735. The van der Waals surface area contributed by atoms with Crippen LogP contribution in [0.3, 0.4) is 0 Å². The fourth-order valence-electron chi connectivity index (χ4n) is 2.88. The molecule has 0 saturated carbocycles. The van der Waals surface area contributed by atoms with Crippen LogP contribution in [0.25, 0.3) is 11.0 Å². The normalized spacial score (nSPS) is 17.8. The number of fused-ring (bicyclic) bond motifs is 2. The molecule has 1 aliphatic heterocycles. The number of aromatic amines is 1. The van der Waals surface area contributed by atoms with E-state index < -0.39 is 0 Å². The van der Waals surface area contributed by atoms with Crippen molar-refractivity contribution in [3.05, 3.63) is 58.3 Å². The zero-order valence-electron chi connectivity index (χ0n) is 11.4. The van der Waals surface area contributed by atoms with Gasteiger partial charge in [0.1, 0.15) is 11.2 Å². The number of H-pyrrole nitrogens is 1. The third kappa shape index (κ3) is 2.04. The van der Waals surface area contributed by atoms with E-state index in [4.69, 9.17) is 0 Å². The third-order valence-corrected chi connectivity index (χ3v) is 3.92. The lowest BCUT2D eigenvalue weighted by Crippen LogP contribution is -2.41. The van der Waals surface area contributed by atoms with Crippen molar-refractivity contribution in [2.45, 2.75) is 19.0 Å². The number of hydrogen-bond acceptors (Lipinski definition) is 4. The number of nitrogens with zero attached hydrogens (tertiary/aromatic N) is 3. The lowest BCUT2D eigenvalue weighted by atomic mass is 10.0. The first-order valence-corrected chi connectivity index (χ1v) is 7.04. The maximum Gasteiger partial charge on any atom is 0.264 e.